The number of hydrogen-bond acceptors (Lipinski definition) is 4. The number of fused-ring (bicyclic) bond motifs is 3. The summed E-state index contributed by atoms with van der Waals surface area (Å²) in [7, 11) is 0. The number of imidazole rings is 1. The van der Waals surface area contributed by atoms with E-state index in [1.807, 2.05) is 47.0 Å². The molecule has 5 nitrogen and oxygen atoms in total. The van der Waals surface area contributed by atoms with Crippen LogP contribution in [0.3, 0.4) is 0 Å². The van der Waals surface area contributed by atoms with Crippen molar-refractivity contribution in [3.63, 3.8) is 0 Å². The molecule has 1 atom stereocenters. The van der Waals surface area contributed by atoms with Gasteiger partial charge < -0.3 is 14.2 Å². The summed E-state index contributed by atoms with van der Waals surface area (Å²) in [5.41, 5.74) is 6.70. The van der Waals surface area contributed by atoms with E-state index in [0.717, 1.165) is 41.0 Å². The molecule has 0 aliphatic carbocycles. The first-order valence-electron chi connectivity index (χ1n) is 11.3. The van der Waals surface area contributed by atoms with Crippen LogP contribution < -0.4 is 4.74 Å². The molecule has 0 spiro atoms. The minimum atomic E-state index is -0.892. The van der Waals surface area contributed by atoms with Crippen molar-refractivity contribution < 1.29 is 14.2 Å². The van der Waals surface area contributed by atoms with E-state index >= 15 is 0 Å². The highest BCUT2D eigenvalue weighted by molar-refractivity contribution is 5.88. The van der Waals surface area contributed by atoms with Crippen LogP contribution in [-0.4, -0.2) is 14.5 Å². The predicted molar refractivity (Wildman–Crippen MR) is 128 cm³/mol. The van der Waals surface area contributed by atoms with E-state index in [4.69, 9.17) is 9.72 Å². The SMILES string of the molecule is CCCc1nc2ccccn2c1C(O)c1ccc2c(c1)COc1cc(F)ccc1C2=C(C)C#N. The number of aromatic nitrogens is 2. The van der Waals surface area contributed by atoms with Gasteiger partial charge in [-0.3, -0.25) is 0 Å². The van der Waals surface area contributed by atoms with Crippen LogP contribution in [0.5, 0.6) is 5.75 Å². The number of allylic oxidation sites excluding steroid dienone is 1. The second-order valence-electron chi connectivity index (χ2n) is 8.48. The summed E-state index contributed by atoms with van der Waals surface area (Å²) in [6, 6.07) is 18.1. The Hall–Kier alpha value is -3.95. The zero-order chi connectivity index (χ0) is 23.8. The highest BCUT2D eigenvalue weighted by atomic mass is 19.1. The molecule has 6 heteroatoms. The van der Waals surface area contributed by atoms with Gasteiger partial charge in [0.2, 0.25) is 0 Å². The summed E-state index contributed by atoms with van der Waals surface area (Å²) in [4.78, 5) is 4.73. The highest BCUT2D eigenvalue weighted by Crippen LogP contribution is 2.40. The van der Waals surface area contributed by atoms with Gasteiger partial charge >= 0.3 is 0 Å². The Balaban J connectivity index is 1.64. The van der Waals surface area contributed by atoms with Gasteiger partial charge in [-0.2, -0.15) is 5.26 Å². The van der Waals surface area contributed by atoms with Crippen molar-refractivity contribution >= 4 is 11.2 Å². The van der Waals surface area contributed by atoms with Crippen LogP contribution >= 0.6 is 0 Å². The lowest BCUT2D eigenvalue weighted by atomic mass is 9.89. The van der Waals surface area contributed by atoms with Crippen molar-refractivity contribution in [3.8, 4) is 11.8 Å². The first kappa shape index (κ1) is 21.9. The van der Waals surface area contributed by atoms with Gasteiger partial charge in [0.1, 0.15) is 29.9 Å². The van der Waals surface area contributed by atoms with Crippen molar-refractivity contribution in [3.05, 3.63) is 106 Å². The maximum atomic E-state index is 13.9. The maximum absolute atomic E-state index is 13.9. The third-order valence-electron chi connectivity index (χ3n) is 6.24. The number of nitriles is 1. The average molecular weight is 454 g/mol. The van der Waals surface area contributed by atoms with E-state index in [1.54, 1.807) is 13.0 Å². The summed E-state index contributed by atoms with van der Waals surface area (Å²) in [6.45, 7) is 4.03. The standard InChI is InChI=1S/C28H24FN3O2/c1-3-6-23-27(32-12-5-4-7-25(32)31-23)28(33)18-8-10-21-19(13-18)16-34-24-14-20(29)9-11-22(24)26(21)17(2)15-30/h4-5,7-14,28,33H,3,6,16H2,1-2H3. The number of nitrogens with zero attached hydrogens (tertiary/aromatic N) is 3. The molecule has 0 radical (unpaired) electrons. The minimum Gasteiger partial charge on any atom is -0.488 e. The van der Waals surface area contributed by atoms with Gasteiger partial charge in [-0.1, -0.05) is 31.5 Å². The third-order valence-corrected chi connectivity index (χ3v) is 6.24. The van der Waals surface area contributed by atoms with E-state index in [2.05, 4.69) is 13.0 Å². The molecule has 1 aliphatic rings. The number of rotatable bonds is 4. The zero-order valence-corrected chi connectivity index (χ0v) is 19.0. The molecule has 34 heavy (non-hydrogen) atoms. The Morgan fingerprint density at radius 3 is 2.82 bits per heavy atom. The molecule has 4 aromatic rings. The predicted octanol–water partition coefficient (Wildman–Crippen LogP) is 5.75. The maximum Gasteiger partial charge on any atom is 0.137 e. The van der Waals surface area contributed by atoms with Crippen LogP contribution in [0.25, 0.3) is 11.2 Å². The van der Waals surface area contributed by atoms with Crippen LogP contribution in [0.1, 0.15) is 60.0 Å². The van der Waals surface area contributed by atoms with Crippen molar-refractivity contribution in [2.75, 3.05) is 0 Å². The Morgan fingerprint density at radius 2 is 2.03 bits per heavy atom. The number of benzene rings is 2. The monoisotopic (exact) mass is 453 g/mol. The highest BCUT2D eigenvalue weighted by Gasteiger charge is 2.25. The first-order valence-corrected chi connectivity index (χ1v) is 11.3. The van der Waals surface area contributed by atoms with Crippen LogP contribution in [0, 0.1) is 17.1 Å². The van der Waals surface area contributed by atoms with Gasteiger partial charge in [0.25, 0.3) is 0 Å². The van der Waals surface area contributed by atoms with E-state index in [0.29, 0.717) is 28.0 Å². The number of aryl methyl sites for hydroxylation is 1. The summed E-state index contributed by atoms with van der Waals surface area (Å²) >= 11 is 0. The molecule has 0 fully saturated rings. The molecule has 170 valence electrons. The van der Waals surface area contributed by atoms with Gasteiger partial charge in [0.15, 0.2) is 0 Å². The van der Waals surface area contributed by atoms with E-state index in [-0.39, 0.29) is 6.61 Å². The molecule has 0 saturated heterocycles. The minimum absolute atomic E-state index is 0.198. The largest absolute Gasteiger partial charge is 0.488 e. The van der Waals surface area contributed by atoms with Gasteiger partial charge in [0, 0.05) is 29.0 Å². The Morgan fingerprint density at radius 1 is 1.21 bits per heavy atom. The fourth-order valence-electron chi connectivity index (χ4n) is 4.66. The summed E-state index contributed by atoms with van der Waals surface area (Å²) in [5, 5.41) is 21.1. The average Bonchev–Trinajstić information content (AvgIpc) is 3.13. The molecule has 3 heterocycles. The molecule has 0 bridgehead atoms. The lowest BCUT2D eigenvalue weighted by Crippen LogP contribution is -2.08. The van der Waals surface area contributed by atoms with Gasteiger partial charge in [-0.15, -0.1) is 0 Å². The second kappa shape index (κ2) is 8.77. The topological polar surface area (TPSA) is 70.6 Å². The van der Waals surface area contributed by atoms with Crippen molar-refractivity contribution in [1.82, 2.24) is 9.38 Å². The van der Waals surface area contributed by atoms with E-state index in [1.165, 1.54) is 12.1 Å². The lowest BCUT2D eigenvalue weighted by Gasteiger charge is -2.17. The summed E-state index contributed by atoms with van der Waals surface area (Å²) in [6.07, 6.45) is 2.70. The van der Waals surface area contributed by atoms with Gasteiger partial charge in [-0.25, -0.2) is 9.37 Å². The number of aliphatic hydroxyl groups excluding tert-OH is 1. The van der Waals surface area contributed by atoms with Gasteiger partial charge in [-0.05, 0) is 60.4 Å². The fraction of sp³-hybridized carbons (Fsp3) is 0.214. The van der Waals surface area contributed by atoms with Crippen LogP contribution in [-0.2, 0) is 13.0 Å². The number of halogens is 1. The molecule has 5 rings (SSSR count). The normalized spacial score (nSPS) is 15.0. The Kier molecular flexibility index (Phi) is 5.64. The Labute approximate surface area is 197 Å². The molecule has 0 amide bonds. The quantitative estimate of drug-likeness (QED) is 0.400. The van der Waals surface area contributed by atoms with Crippen LogP contribution in [0.4, 0.5) is 4.39 Å². The van der Waals surface area contributed by atoms with E-state index in [9.17, 15) is 14.8 Å². The zero-order valence-electron chi connectivity index (χ0n) is 19.0. The summed E-state index contributed by atoms with van der Waals surface area (Å²) < 4.78 is 21.8. The molecule has 1 aliphatic heterocycles. The lowest BCUT2D eigenvalue weighted by molar-refractivity contribution is 0.212. The van der Waals surface area contributed by atoms with Gasteiger partial charge in [0.05, 0.1) is 17.5 Å². The molecular formula is C28H24FN3O2. The number of pyridine rings is 1. The summed E-state index contributed by atoms with van der Waals surface area (Å²) in [5.74, 6) is 0.000701. The molecule has 1 unspecified atom stereocenters. The van der Waals surface area contributed by atoms with E-state index < -0.39 is 11.9 Å². The van der Waals surface area contributed by atoms with Crippen molar-refractivity contribution in [2.45, 2.75) is 39.4 Å². The first-order chi connectivity index (χ1) is 16.5. The smallest absolute Gasteiger partial charge is 0.137 e. The molecule has 2 aromatic heterocycles. The molecular weight excluding hydrogens is 429 g/mol. The molecule has 2 aromatic carbocycles. The fourth-order valence-corrected chi connectivity index (χ4v) is 4.66. The number of ether oxygens (including phenoxy) is 1. The Bertz CT molecular complexity index is 1480. The third kappa shape index (κ3) is 3.64. The number of hydrogen-bond donors (Lipinski definition) is 1. The number of aliphatic hydroxyl groups is 1. The van der Waals surface area contributed by atoms with Crippen LogP contribution in [0.15, 0.2) is 66.4 Å². The van der Waals surface area contributed by atoms with Crippen LogP contribution in [0.2, 0.25) is 0 Å². The molecule has 0 saturated carbocycles. The second-order valence-corrected chi connectivity index (χ2v) is 8.48. The molecule has 1 N–H and O–H groups in total. The van der Waals surface area contributed by atoms with Crippen molar-refractivity contribution in [2.24, 2.45) is 0 Å². The van der Waals surface area contributed by atoms with Crippen molar-refractivity contribution in [1.29, 1.82) is 5.26 Å².